The van der Waals surface area contributed by atoms with E-state index in [4.69, 9.17) is 15.2 Å². The van der Waals surface area contributed by atoms with E-state index in [0.717, 1.165) is 11.1 Å². The number of benzene rings is 3. The molecule has 0 saturated carbocycles. The number of rotatable bonds is 6. The van der Waals surface area contributed by atoms with Crippen molar-refractivity contribution in [1.82, 2.24) is 0 Å². The highest BCUT2D eigenvalue weighted by Crippen LogP contribution is 2.24. The summed E-state index contributed by atoms with van der Waals surface area (Å²) < 4.78 is 11.1. The van der Waals surface area contributed by atoms with Crippen molar-refractivity contribution in [3.63, 3.8) is 0 Å². The summed E-state index contributed by atoms with van der Waals surface area (Å²) in [6, 6.07) is 24.2. The van der Waals surface area contributed by atoms with Crippen molar-refractivity contribution in [3.05, 3.63) is 95.6 Å². The van der Waals surface area contributed by atoms with Crippen molar-refractivity contribution in [2.75, 3.05) is 5.73 Å². The number of hydrogen-bond acceptors (Lipinski definition) is 4. The lowest BCUT2D eigenvalue weighted by Gasteiger charge is -2.11. The topological polar surface area (TPSA) is 61.6 Å². The fourth-order valence-corrected chi connectivity index (χ4v) is 2.33. The predicted molar refractivity (Wildman–Crippen MR) is 97.2 cm³/mol. The summed E-state index contributed by atoms with van der Waals surface area (Å²) in [5.74, 6) is 0.0615. The first-order valence-corrected chi connectivity index (χ1v) is 7.99. The highest BCUT2D eigenvalue weighted by molar-refractivity contribution is 5.90. The van der Waals surface area contributed by atoms with Gasteiger partial charge in [0.15, 0.2) is 0 Å². The van der Waals surface area contributed by atoms with E-state index >= 15 is 0 Å². The normalized spacial score (nSPS) is 10.2. The third-order valence-electron chi connectivity index (χ3n) is 3.70. The van der Waals surface area contributed by atoms with Gasteiger partial charge in [-0.15, -0.1) is 0 Å². The number of hydrogen-bond donors (Lipinski definition) is 1. The standard InChI is InChI=1S/C21H19NO3/c22-19-12-11-18(21(23)25-15-17-9-5-2-6-10-17)13-20(19)24-14-16-7-3-1-4-8-16/h1-13H,14-15,22H2. The average Bonchev–Trinajstić information content (AvgIpc) is 2.67. The SMILES string of the molecule is Nc1ccc(C(=O)OCc2ccccc2)cc1OCc1ccccc1. The monoisotopic (exact) mass is 333 g/mol. The molecule has 3 aromatic rings. The molecule has 0 bridgehead atoms. The molecule has 126 valence electrons. The molecule has 0 aliphatic carbocycles. The highest BCUT2D eigenvalue weighted by Gasteiger charge is 2.11. The van der Waals surface area contributed by atoms with Crippen molar-refractivity contribution in [2.24, 2.45) is 0 Å². The lowest BCUT2D eigenvalue weighted by molar-refractivity contribution is 0.0472. The van der Waals surface area contributed by atoms with Gasteiger partial charge < -0.3 is 15.2 Å². The highest BCUT2D eigenvalue weighted by atomic mass is 16.5. The second-order valence-electron chi connectivity index (χ2n) is 5.59. The summed E-state index contributed by atoms with van der Waals surface area (Å²) in [7, 11) is 0. The van der Waals surface area contributed by atoms with E-state index in [9.17, 15) is 4.79 Å². The molecule has 0 fully saturated rings. The molecule has 4 heteroatoms. The molecule has 0 saturated heterocycles. The average molecular weight is 333 g/mol. The minimum Gasteiger partial charge on any atom is -0.487 e. The second-order valence-corrected chi connectivity index (χ2v) is 5.59. The van der Waals surface area contributed by atoms with Crippen molar-refractivity contribution < 1.29 is 14.3 Å². The van der Waals surface area contributed by atoms with Crippen LogP contribution in [0.5, 0.6) is 5.75 Å². The number of nitrogen functional groups attached to an aromatic ring is 1. The fraction of sp³-hybridized carbons (Fsp3) is 0.0952. The van der Waals surface area contributed by atoms with Gasteiger partial charge in [0.1, 0.15) is 19.0 Å². The summed E-state index contributed by atoms with van der Waals surface area (Å²) in [6.07, 6.45) is 0. The maximum absolute atomic E-state index is 12.2. The zero-order valence-corrected chi connectivity index (χ0v) is 13.7. The minimum absolute atomic E-state index is 0.226. The molecule has 4 nitrogen and oxygen atoms in total. The van der Waals surface area contributed by atoms with Crippen molar-refractivity contribution >= 4 is 11.7 Å². The first-order chi connectivity index (χ1) is 12.2. The van der Waals surface area contributed by atoms with Crippen LogP contribution < -0.4 is 10.5 Å². The number of anilines is 1. The van der Waals surface area contributed by atoms with E-state index in [0.29, 0.717) is 23.6 Å². The lowest BCUT2D eigenvalue weighted by Crippen LogP contribution is -2.07. The number of esters is 1. The van der Waals surface area contributed by atoms with Crippen LogP contribution in [0, 0.1) is 0 Å². The third kappa shape index (κ3) is 4.61. The summed E-state index contributed by atoms with van der Waals surface area (Å²) in [6.45, 7) is 0.609. The molecule has 0 radical (unpaired) electrons. The Morgan fingerprint density at radius 2 is 1.40 bits per heavy atom. The van der Waals surface area contributed by atoms with E-state index < -0.39 is 5.97 Å². The van der Waals surface area contributed by atoms with E-state index in [-0.39, 0.29) is 6.61 Å². The van der Waals surface area contributed by atoms with Crippen LogP contribution in [0.1, 0.15) is 21.5 Å². The maximum Gasteiger partial charge on any atom is 0.338 e. The lowest BCUT2D eigenvalue weighted by atomic mass is 10.2. The molecule has 0 spiro atoms. The van der Waals surface area contributed by atoms with Gasteiger partial charge in [-0.2, -0.15) is 0 Å². The van der Waals surface area contributed by atoms with E-state index in [1.165, 1.54) is 0 Å². The Bertz CT molecular complexity index is 832. The zero-order valence-electron chi connectivity index (χ0n) is 13.7. The Morgan fingerprint density at radius 3 is 2.04 bits per heavy atom. The summed E-state index contributed by atoms with van der Waals surface area (Å²) in [5, 5.41) is 0. The van der Waals surface area contributed by atoms with E-state index in [2.05, 4.69) is 0 Å². The number of ether oxygens (including phenoxy) is 2. The van der Waals surface area contributed by atoms with Gasteiger partial charge in [-0.05, 0) is 29.3 Å². The molecule has 3 rings (SSSR count). The third-order valence-corrected chi connectivity index (χ3v) is 3.70. The van der Waals surface area contributed by atoms with Gasteiger partial charge in [0.25, 0.3) is 0 Å². The molecule has 0 aromatic heterocycles. The van der Waals surface area contributed by atoms with Gasteiger partial charge in [0, 0.05) is 0 Å². The Morgan fingerprint density at radius 1 is 0.800 bits per heavy atom. The smallest absolute Gasteiger partial charge is 0.338 e. The maximum atomic E-state index is 12.2. The predicted octanol–water partition coefficient (Wildman–Crippen LogP) is 4.20. The first-order valence-electron chi connectivity index (χ1n) is 7.99. The Hall–Kier alpha value is -3.27. The number of carbonyl (C=O) groups excluding carboxylic acids is 1. The van der Waals surface area contributed by atoms with Gasteiger partial charge >= 0.3 is 5.97 Å². The van der Waals surface area contributed by atoms with E-state index in [1.54, 1.807) is 18.2 Å². The van der Waals surface area contributed by atoms with Crippen LogP contribution in [-0.2, 0) is 18.0 Å². The fourth-order valence-electron chi connectivity index (χ4n) is 2.33. The van der Waals surface area contributed by atoms with Crippen LogP contribution >= 0.6 is 0 Å². The van der Waals surface area contributed by atoms with Crippen molar-refractivity contribution in [2.45, 2.75) is 13.2 Å². The van der Waals surface area contributed by atoms with Crippen LogP contribution in [0.4, 0.5) is 5.69 Å². The molecular formula is C21H19NO3. The van der Waals surface area contributed by atoms with Gasteiger partial charge in [0.05, 0.1) is 11.3 Å². The Labute approximate surface area is 146 Å². The van der Waals surface area contributed by atoms with Gasteiger partial charge in [-0.1, -0.05) is 60.7 Å². The van der Waals surface area contributed by atoms with Crippen LogP contribution in [0.25, 0.3) is 0 Å². The molecule has 0 heterocycles. The van der Waals surface area contributed by atoms with Gasteiger partial charge in [-0.25, -0.2) is 4.79 Å². The van der Waals surface area contributed by atoms with Gasteiger partial charge in [0.2, 0.25) is 0 Å². The Kier molecular flexibility index (Phi) is 5.32. The molecule has 0 amide bonds. The van der Waals surface area contributed by atoms with Crippen molar-refractivity contribution in [3.8, 4) is 5.75 Å². The summed E-state index contributed by atoms with van der Waals surface area (Å²) >= 11 is 0. The largest absolute Gasteiger partial charge is 0.487 e. The van der Waals surface area contributed by atoms with Gasteiger partial charge in [-0.3, -0.25) is 0 Å². The van der Waals surface area contributed by atoms with Crippen LogP contribution in [0.2, 0.25) is 0 Å². The van der Waals surface area contributed by atoms with Crippen LogP contribution in [0.3, 0.4) is 0 Å². The van der Waals surface area contributed by atoms with E-state index in [1.807, 2.05) is 60.7 Å². The molecule has 0 aliphatic heterocycles. The zero-order chi connectivity index (χ0) is 17.5. The molecule has 0 atom stereocenters. The number of nitrogens with two attached hydrogens (primary N) is 1. The molecule has 0 unspecified atom stereocenters. The summed E-state index contributed by atoms with van der Waals surface area (Å²) in [5.41, 5.74) is 8.80. The van der Waals surface area contributed by atoms with Crippen LogP contribution in [0.15, 0.2) is 78.9 Å². The molecule has 2 N–H and O–H groups in total. The quantitative estimate of drug-likeness (QED) is 0.542. The Balaban J connectivity index is 1.64. The minimum atomic E-state index is -0.409. The van der Waals surface area contributed by atoms with Crippen LogP contribution in [-0.4, -0.2) is 5.97 Å². The second kappa shape index (κ2) is 8.02. The molecule has 3 aromatic carbocycles. The molecule has 25 heavy (non-hydrogen) atoms. The molecular weight excluding hydrogens is 314 g/mol. The first kappa shape index (κ1) is 16.6. The molecule has 0 aliphatic rings. The van der Waals surface area contributed by atoms with Crippen molar-refractivity contribution in [1.29, 1.82) is 0 Å². The summed E-state index contributed by atoms with van der Waals surface area (Å²) in [4.78, 5) is 12.2. The number of carbonyl (C=O) groups is 1.